The summed E-state index contributed by atoms with van der Waals surface area (Å²) in [5.74, 6) is 0.871. The summed E-state index contributed by atoms with van der Waals surface area (Å²) in [5.41, 5.74) is 0.464. The summed E-state index contributed by atoms with van der Waals surface area (Å²) in [5, 5.41) is 3.24. The van der Waals surface area contributed by atoms with Crippen molar-refractivity contribution in [3.05, 3.63) is 22.8 Å². The van der Waals surface area contributed by atoms with Crippen LogP contribution in [0.3, 0.4) is 0 Å². The molecule has 1 saturated carbocycles. The molecule has 6 heteroatoms. The molecule has 0 bridgehead atoms. The normalized spacial score (nSPS) is 21.8. The van der Waals surface area contributed by atoms with E-state index < -0.39 is 0 Å². The molecule has 1 saturated heterocycles. The number of hydrogen-bond donors (Lipinski definition) is 1. The third-order valence-electron chi connectivity index (χ3n) is 3.48. The number of aromatic nitrogens is 1. The minimum absolute atomic E-state index is 0.00505. The summed E-state index contributed by atoms with van der Waals surface area (Å²) >= 11 is 6.12. The fourth-order valence-corrected chi connectivity index (χ4v) is 2.27. The summed E-state index contributed by atoms with van der Waals surface area (Å²) in [4.78, 5) is 16.0. The smallest absolute Gasteiger partial charge is 0.252 e. The summed E-state index contributed by atoms with van der Waals surface area (Å²) in [6.45, 7) is 1.99. The standard InChI is InChI=1S/C14H17ClN2O3/c15-12-5-10(13(18)16-6-9-1-2-9)7-17-14(12)20-11-3-4-19-8-11/h5,7,9,11H,1-4,6,8H2,(H,16,18)/t11-/m0/s1. The molecule has 2 aliphatic rings. The van der Waals surface area contributed by atoms with E-state index in [4.69, 9.17) is 21.1 Å². The van der Waals surface area contributed by atoms with Crippen molar-refractivity contribution in [3.8, 4) is 5.88 Å². The number of hydrogen-bond acceptors (Lipinski definition) is 4. The molecule has 1 aromatic heterocycles. The first kappa shape index (κ1) is 13.6. The molecule has 0 spiro atoms. The van der Waals surface area contributed by atoms with E-state index in [2.05, 4.69) is 10.3 Å². The molecule has 1 aliphatic carbocycles. The number of ether oxygens (including phenoxy) is 2. The summed E-state index contributed by atoms with van der Waals surface area (Å²) in [6, 6.07) is 1.60. The van der Waals surface area contributed by atoms with Crippen molar-refractivity contribution >= 4 is 17.5 Å². The van der Waals surface area contributed by atoms with Crippen LogP contribution >= 0.6 is 11.6 Å². The molecule has 0 aromatic carbocycles. The lowest BCUT2D eigenvalue weighted by atomic mass is 10.2. The quantitative estimate of drug-likeness (QED) is 0.903. The van der Waals surface area contributed by atoms with Gasteiger partial charge in [-0.05, 0) is 24.8 Å². The Bertz CT molecular complexity index is 499. The van der Waals surface area contributed by atoms with Crippen LogP contribution in [-0.2, 0) is 4.74 Å². The van der Waals surface area contributed by atoms with Gasteiger partial charge < -0.3 is 14.8 Å². The lowest BCUT2D eigenvalue weighted by Gasteiger charge is -2.12. The Morgan fingerprint density at radius 2 is 2.35 bits per heavy atom. The summed E-state index contributed by atoms with van der Waals surface area (Å²) in [7, 11) is 0. The number of carbonyl (C=O) groups is 1. The number of rotatable bonds is 5. The van der Waals surface area contributed by atoms with Gasteiger partial charge in [-0.15, -0.1) is 0 Å². The minimum Gasteiger partial charge on any atom is -0.471 e. The zero-order valence-corrected chi connectivity index (χ0v) is 11.9. The highest BCUT2D eigenvalue weighted by atomic mass is 35.5. The van der Waals surface area contributed by atoms with Crippen molar-refractivity contribution in [2.45, 2.75) is 25.4 Å². The second kappa shape index (κ2) is 5.97. The van der Waals surface area contributed by atoms with Gasteiger partial charge in [0.25, 0.3) is 5.91 Å². The molecule has 1 N–H and O–H groups in total. The first-order chi connectivity index (χ1) is 9.72. The van der Waals surface area contributed by atoms with Crippen LogP contribution in [0.2, 0.25) is 5.02 Å². The molecular weight excluding hydrogens is 280 g/mol. The molecule has 1 atom stereocenters. The van der Waals surface area contributed by atoms with Crippen molar-refractivity contribution in [3.63, 3.8) is 0 Å². The first-order valence-corrected chi connectivity index (χ1v) is 7.28. The van der Waals surface area contributed by atoms with Gasteiger partial charge in [0.05, 0.1) is 18.8 Å². The molecule has 2 fully saturated rings. The van der Waals surface area contributed by atoms with E-state index in [0.29, 0.717) is 35.6 Å². The Balaban J connectivity index is 1.61. The van der Waals surface area contributed by atoms with Gasteiger partial charge in [-0.2, -0.15) is 0 Å². The number of nitrogens with one attached hydrogen (secondary N) is 1. The predicted octanol–water partition coefficient (Wildman–Crippen LogP) is 2.04. The third-order valence-corrected chi connectivity index (χ3v) is 3.75. The number of nitrogens with zero attached hydrogens (tertiary/aromatic N) is 1. The van der Waals surface area contributed by atoms with Gasteiger partial charge >= 0.3 is 0 Å². The highest BCUT2D eigenvalue weighted by Crippen LogP contribution is 2.28. The molecule has 1 amide bonds. The molecule has 5 nitrogen and oxygen atoms in total. The Kier molecular flexibility index (Phi) is 4.08. The summed E-state index contributed by atoms with van der Waals surface area (Å²) in [6.07, 6.45) is 4.74. The molecule has 3 rings (SSSR count). The first-order valence-electron chi connectivity index (χ1n) is 6.90. The average molecular weight is 297 g/mol. The Hall–Kier alpha value is -1.33. The molecule has 0 radical (unpaired) electrons. The van der Waals surface area contributed by atoms with Gasteiger partial charge in [-0.3, -0.25) is 4.79 Å². The van der Waals surface area contributed by atoms with Crippen molar-refractivity contribution in [1.29, 1.82) is 0 Å². The maximum Gasteiger partial charge on any atom is 0.252 e. The van der Waals surface area contributed by atoms with Crippen LogP contribution in [-0.4, -0.2) is 36.8 Å². The van der Waals surface area contributed by atoms with Crippen LogP contribution in [0.15, 0.2) is 12.3 Å². The fraction of sp³-hybridized carbons (Fsp3) is 0.571. The second-order valence-electron chi connectivity index (χ2n) is 5.27. The van der Waals surface area contributed by atoms with E-state index in [-0.39, 0.29) is 12.0 Å². The van der Waals surface area contributed by atoms with E-state index in [1.807, 2.05) is 0 Å². The second-order valence-corrected chi connectivity index (χ2v) is 5.68. The van der Waals surface area contributed by atoms with Crippen LogP contribution in [0.5, 0.6) is 5.88 Å². The Labute approximate surface area is 122 Å². The Morgan fingerprint density at radius 1 is 1.50 bits per heavy atom. The highest BCUT2D eigenvalue weighted by Gasteiger charge is 2.23. The summed E-state index contributed by atoms with van der Waals surface area (Å²) < 4.78 is 10.9. The van der Waals surface area contributed by atoms with E-state index in [0.717, 1.165) is 13.0 Å². The predicted molar refractivity (Wildman–Crippen MR) is 74.2 cm³/mol. The van der Waals surface area contributed by atoms with Crippen molar-refractivity contribution < 1.29 is 14.3 Å². The lowest BCUT2D eigenvalue weighted by molar-refractivity contribution is 0.0951. The zero-order valence-electron chi connectivity index (χ0n) is 11.1. The number of pyridine rings is 1. The number of carbonyl (C=O) groups excluding carboxylic acids is 1. The molecular formula is C14H17ClN2O3. The zero-order chi connectivity index (χ0) is 13.9. The largest absolute Gasteiger partial charge is 0.471 e. The lowest BCUT2D eigenvalue weighted by Crippen LogP contribution is -2.25. The maximum absolute atomic E-state index is 11.9. The van der Waals surface area contributed by atoms with Gasteiger partial charge in [-0.25, -0.2) is 4.98 Å². The third kappa shape index (κ3) is 3.41. The molecule has 108 valence electrons. The molecule has 1 aliphatic heterocycles. The molecule has 2 heterocycles. The maximum atomic E-state index is 11.9. The number of amides is 1. The van der Waals surface area contributed by atoms with Gasteiger partial charge in [0.2, 0.25) is 5.88 Å². The monoisotopic (exact) mass is 296 g/mol. The molecule has 0 unspecified atom stereocenters. The van der Waals surface area contributed by atoms with Crippen LogP contribution < -0.4 is 10.1 Å². The van der Waals surface area contributed by atoms with Gasteiger partial charge in [0, 0.05) is 19.2 Å². The van der Waals surface area contributed by atoms with Gasteiger partial charge in [0.15, 0.2) is 0 Å². The molecule has 20 heavy (non-hydrogen) atoms. The van der Waals surface area contributed by atoms with Crippen molar-refractivity contribution in [2.24, 2.45) is 5.92 Å². The van der Waals surface area contributed by atoms with Gasteiger partial charge in [0.1, 0.15) is 11.1 Å². The van der Waals surface area contributed by atoms with Crippen LogP contribution in [0, 0.1) is 5.92 Å². The van der Waals surface area contributed by atoms with Crippen LogP contribution in [0.25, 0.3) is 0 Å². The highest BCUT2D eigenvalue weighted by molar-refractivity contribution is 6.32. The van der Waals surface area contributed by atoms with Crippen LogP contribution in [0.1, 0.15) is 29.6 Å². The van der Waals surface area contributed by atoms with Gasteiger partial charge in [-0.1, -0.05) is 11.6 Å². The Morgan fingerprint density at radius 3 is 3.00 bits per heavy atom. The van der Waals surface area contributed by atoms with E-state index in [1.165, 1.54) is 19.0 Å². The van der Waals surface area contributed by atoms with E-state index in [1.54, 1.807) is 6.07 Å². The number of halogens is 1. The minimum atomic E-state index is -0.137. The topological polar surface area (TPSA) is 60.5 Å². The fourth-order valence-electron chi connectivity index (χ4n) is 2.06. The molecule has 1 aromatic rings. The van der Waals surface area contributed by atoms with E-state index in [9.17, 15) is 4.79 Å². The SMILES string of the molecule is O=C(NCC1CC1)c1cnc(O[C@H]2CCOC2)c(Cl)c1. The van der Waals surface area contributed by atoms with Crippen molar-refractivity contribution in [2.75, 3.05) is 19.8 Å². The van der Waals surface area contributed by atoms with E-state index >= 15 is 0 Å². The average Bonchev–Trinajstić information content (AvgIpc) is 3.14. The van der Waals surface area contributed by atoms with Crippen molar-refractivity contribution in [1.82, 2.24) is 10.3 Å². The van der Waals surface area contributed by atoms with Crippen LogP contribution in [0.4, 0.5) is 0 Å².